The van der Waals surface area contributed by atoms with Crippen molar-refractivity contribution in [2.45, 2.75) is 32.4 Å². The third kappa shape index (κ3) is 3.55. The van der Waals surface area contributed by atoms with Crippen LogP contribution < -0.4 is 5.32 Å². The van der Waals surface area contributed by atoms with Gasteiger partial charge in [-0.3, -0.25) is 0 Å². The molecule has 1 N–H and O–H groups in total. The molecule has 1 aromatic heterocycles. The van der Waals surface area contributed by atoms with E-state index in [1.54, 1.807) is 11.3 Å². The summed E-state index contributed by atoms with van der Waals surface area (Å²) < 4.78 is 1.23. The van der Waals surface area contributed by atoms with E-state index in [2.05, 4.69) is 44.5 Å². The van der Waals surface area contributed by atoms with Gasteiger partial charge in [0.15, 0.2) is 0 Å². The Hall–Kier alpha value is 0.100. The molecule has 1 unspecified atom stereocenters. The van der Waals surface area contributed by atoms with E-state index in [0.29, 0.717) is 6.04 Å². The minimum atomic E-state index is 0.673. The molecular weight excluding hydrogens is 284 g/mol. The second-order valence-corrected chi connectivity index (χ2v) is 6.66. The standard InChI is InChI=1S/C12H19BrN2S/c1-2-15-5-3-4-11(8-15)14-7-10-6-12(13)16-9-10/h6,9,11,14H,2-5,7-8H2,1H3. The Morgan fingerprint density at radius 3 is 3.19 bits per heavy atom. The van der Waals surface area contributed by atoms with Gasteiger partial charge in [0.2, 0.25) is 0 Å². The molecule has 1 fully saturated rings. The lowest BCUT2D eigenvalue weighted by atomic mass is 10.1. The fourth-order valence-electron chi connectivity index (χ4n) is 2.21. The van der Waals surface area contributed by atoms with Crippen LogP contribution in [0.5, 0.6) is 0 Å². The quantitative estimate of drug-likeness (QED) is 0.919. The summed E-state index contributed by atoms with van der Waals surface area (Å²) in [5.41, 5.74) is 1.39. The van der Waals surface area contributed by atoms with E-state index in [9.17, 15) is 0 Å². The first-order valence-corrected chi connectivity index (χ1v) is 7.64. The molecule has 90 valence electrons. The van der Waals surface area contributed by atoms with Crippen molar-refractivity contribution in [3.63, 3.8) is 0 Å². The van der Waals surface area contributed by atoms with E-state index in [0.717, 1.165) is 6.54 Å². The smallest absolute Gasteiger partial charge is 0.0701 e. The van der Waals surface area contributed by atoms with Crippen molar-refractivity contribution in [3.8, 4) is 0 Å². The Labute approximate surface area is 110 Å². The average Bonchev–Trinajstić information content (AvgIpc) is 2.73. The molecular formula is C12H19BrN2S. The third-order valence-electron chi connectivity index (χ3n) is 3.17. The van der Waals surface area contributed by atoms with E-state index in [1.807, 2.05) is 0 Å². The fourth-order valence-corrected chi connectivity index (χ4v) is 3.42. The maximum absolute atomic E-state index is 3.66. The molecule has 4 heteroatoms. The molecule has 1 aliphatic rings. The van der Waals surface area contributed by atoms with Crippen molar-refractivity contribution in [3.05, 3.63) is 20.8 Å². The van der Waals surface area contributed by atoms with Crippen LogP contribution in [0.25, 0.3) is 0 Å². The van der Waals surface area contributed by atoms with Crippen LogP contribution in [0.3, 0.4) is 0 Å². The zero-order valence-electron chi connectivity index (χ0n) is 9.71. The van der Waals surface area contributed by atoms with Crippen LogP contribution in [0.1, 0.15) is 25.3 Å². The zero-order valence-corrected chi connectivity index (χ0v) is 12.1. The molecule has 1 aliphatic heterocycles. The summed E-state index contributed by atoms with van der Waals surface area (Å²) in [5, 5.41) is 5.88. The summed E-state index contributed by atoms with van der Waals surface area (Å²) in [4.78, 5) is 2.53. The summed E-state index contributed by atoms with van der Waals surface area (Å²) in [7, 11) is 0. The number of piperidine rings is 1. The first-order valence-electron chi connectivity index (χ1n) is 5.96. The predicted molar refractivity (Wildman–Crippen MR) is 74.0 cm³/mol. The molecule has 0 aromatic carbocycles. The van der Waals surface area contributed by atoms with E-state index in [-0.39, 0.29) is 0 Å². The summed E-state index contributed by atoms with van der Waals surface area (Å²) in [5.74, 6) is 0. The number of rotatable bonds is 4. The van der Waals surface area contributed by atoms with Crippen molar-refractivity contribution < 1.29 is 0 Å². The second-order valence-electron chi connectivity index (χ2n) is 4.37. The molecule has 0 radical (unpaired) electrons. The summed E-state index contributed by atoms with van der Waals surface area (Å²) in [6.07, 6.45) is 2.65. The first-order chi connectivity index (χ1) is 7.78. The van der Waals surface area contributed by atoms with Crippen LogP contribution in [0.2, 0.25) is 0 Å². The van der Waals surface area contributed by atoms with Crippen LogP contribution in [0.4, 0.5) is 0 Å². The van der Waals surface area contributed by atoms with E-state index in [4.69, 9.17) is 0 Å². The van der Waals surface area contributed by atoms with Crippen molar-refractivity contribution >= 4 is 27.3 Å². The van der Waals surface area contributed by atoms with Crippen LogP contribution in [-0.2, 0) is 6.54 Å². The normalized spacial score (nSPS) is 22.5. The molecule has 1 atom stereocenters. The Kier molecular flexibility index (Phi) is 4.82. The van der Waals surface area contributed by atoms with Crippen molar-refractivity contribution in [1.82, 2.24) is 10.2 Å². The lowest BCUT2D eigenvalue weighted by Crippen LogP contribution is -2.45. The summed E-state index contributed by atoms with van der Waals surface area (Å²) >= 11 is 5.26. The summed E-state index contributed by atoms with van der Waals surface area (Å²) in [6, 6.07) is 2.88. The predicted octanol–water partition coefficient (Wildman–Crippen LogP) is 3.08. The van der Waals surface area contributed by atoms with Crippen LogP contribution >= 0.6 is 27.3 Å². The largest absolute Gasteiger partial charge is 0.309 e. The number of hydrogen-bond donors (Lipinski definition) is 1. The van der Waals surface area contributed by atoms with Crippen LogP contribution in [-0.4, -0.2) is 30.6 Å². The molecule has 2 nitrogen and oxygen atoms in total. The number of likely N-dealkylation sites (tertiary alicyclic amines) is 1. The Balaban J connectivity index is 1.77. The number of halogens is 1. The molecule has 0 bridgehead atoms. The van der Waals surface area contributed by atoms with Gasteiger partial charge in [-0.15, -0.1) is 11.3 Å². The molecule has 16 heavy (non-hydrogen) atoms. The number of nitrogens with one attached hydrogen (secondary N) is 1. The molecule has 0 aliphatic carbocycles. The highest BCUT2D eigenvalue weighted by molar-refractivity contribution is 9.11. The van der Waals surface area contributed by atoms with Gasteiger partial charge in [0, 0.05) is 19.1 Å². The Morgan fingerprint density at radius 2 is 2.50 bits per heavy atom. The van der Waals surface area contributed by atoms with Gasteiger partial charge in [-0.05, 0) is 58.9 Å². The van der Waals surface area contributed by atoms with E-state index >= 15 is 0 Å². The molecule has 1 aromatic rings. The van der Waals surface area contributed by atoms with Gasteiger partial charge < -0.3 is 10.2 Å². The minimum Gasteiger partial charge on any atom is -0.309 e. The number of hydrogen-bond acceptors (Lipinski definition) is 3. The monoisotopic (exact) mass is 302 g/mol. The van der Waals surface area contributed by atoms with Gasteiger partial charge in [0.1, 0.15) is 0 Å². The highest BCUT2D eigenvalue weighted by atomic mass is 79.9. The molecule has 2 heterocycles. The van der Waals surface area contributed by atoms with Crippen LogP contribution in [0.15, 0.2) is 15.2 Å². The van der Waals surface area contributed by atoms with Crippen molar-refractivity contribution in [2.24, 2.45) is 0 Å². The van der Waals surface area contributed by atoms with Crippen molar-refractivity contribution in [2.75, 3.05) is 19.6 Å². The van der Waals surface area contributed by atoms with Gasteiger partial charge in [-0.1, -0.05) is 6.92 Å². The highest BCUT2D eigenvalue weighted by Gasteiger charge is 2.17. The average molecular weight is 303 g/mol. The first kappa shape index (κ1) is 12.6. The maximum Gasteiger partial charge on any atom is 0.0701 e. The highest BCUT2D eigenvalue weighted by Crippen LogP contribution is 2.20. The number of nitrogens with zero attached hydrogens (tertiary/aromatic N) is 1. The van der Waals surface area contributed by atoms with Gasteiger partial charge in [-0.25, -0.2) is 0 Å². The zero-order chi connectivity index (χ0) is 11.4. The second kappa shape index (κ2) is 6.15. The Morgan fingerprint density at radius 1 is 1.62 bits per heavy atom. The van der Waals surface area contributed by atoms with Gasteiger partial charge in [-0.2, -0.15) is 0 Å². The van der Waals surface area contributed by atoms with Gasteiger partial charge in [0.05, 0.1) is 3.79 Å². The molecule has 0 spiro atoms. The lowest BCUT2D eigenvalue weighted by Gasteiger charge is -2.32. The lowest BCUT2D eigenvalue weighted by molar-refractivity contribution is 0.198. The third-order valence-corrected chi connectivity index (χ3v) is 4.72. The molecule has 0 amide bonds. The topological polar surface area (TPSA) is 15.3 Å². The number of thiophene rings is 1. The SMILES string of the molecule is CCN1CCCC(NCc2csc(Br)c2)C1. The van der Waals surface area contributed by atoms with Gasteiger partial charge >= 0.3 is 0 Å². The van der Waals surface area contributed by atoms with Gasteiger partial charge in [0.25, 0.3) is 0 Å². The number of likely N-dealkylation sites (N-methyl/N-ethyl adjacent to an activating group) is 1. The van der Waals surface area contributed by atoms with E-state index in [1.165, 1.54) is 41.8 Å². The maximum atomic E-state index is 3.66. The molecule has 0 saturated carbocycles. The molecule has 2 rings (SSSR count). The minimum absolute atomic E-state index is 0.673. The molecule has 1 saturated heterocycles. The Bertz CT molecular complexity index is 327. The van der Waals surface area contributed by atoms with E-state index < -0.39 is 0 Å². The van der Waals surface area contributed by atoms with Crippen molar-refractivity contribution in [1.29, 1.82) is 0 Å². The fraction of sp³-hybridized carbons (Fsp3) is 0.667. The van der Waals surface area contributed by atoms with Crippen LogP contribution in [0, 0.1) is 0 Å². The summed E-state index contributed by atoms with van der Waals surface area (Å²) in [6.45, 7) is 6.92.